The molecule has 3 N–H and O–H groups in total. The van der Waals surface area contributed by atoms with Crippen molar-refractivity contribution in [2.24, 2.45) is 5.84 Å². The Balaban J connectivity index is 2.93. The molecule has 1 unspecified atom stereocenters. The lowest BCUT2D eigenvalue weighted by Gasteiger charge is -2.19. The maximum absolute atomic E-state index is 6.15. The smallest absolute Gasteiger partial charge is 0.0835 e. The maximum atomic E-state index is 6.15. The van der Waals surface area contributed by atoms with Crippen LogP contribution in [-0.2, 0) is 0 Å². The molecule has 1 rings (SSSR count). The van der Waals surface area contributed by atoms with Crippen molar-refractivity contribution < 1.29 is 0 Å². The number of hydrogen-bond donors (Lipinski definition) is 2. The predicted octanol–water partition coefficient (Wildman–Crippen LogP) is 2.37. The number of thioether (sulfide) groups is 1. The van der Waals surface area contributed by atoms with Crippen molar-refractivity contribution in [2.45, 2.75) is 32.9 Å². The second-order valence-corrected chi connectivity index (χ2v) is 5.52. The number of hydrazine groups is 1. The van der Waals surface area contributed by atoms with Crippen LogP contribution >= 0.6 is 23.4 Å². The van der Waals surface area contributed by atoms with E-state index in [0.29, 0.717) is 5.02 Å². The van der Waals surface area contributed by atoms with Gasteiger partial charge in [-0.15, -0.1) is 0 Å². The number of nitrogens with zero attached hydrogens (tertiary/aromatic N) is 2. The standard InChI is InChI=1S/C10H19ClN4S/c1-4-16-6-9(14-12)10-8(11)5-13-15(10)7(2)3/h5,7,9,14H,4,6,12H2,1-3H3. The molecule has 16 heavy (non-hydrogen) atoms. The summed E-state index contributed by atoms with van der Waals surface area (Å²) in [6, 6.07) is 0.326. The van der Waals surface area contributed by atoms with Gasteiger partial charge in [-0.05, 0) is 19.6 Å². The summed E-state index contributed by atoms with van der Waals surface area (Å²) in [5, 5.41) is 4.95. The zero-order chi connectivity index (χ0) is 12.1. The Morgan fingerprint density at radius 1 is 1.62 bits per heavy atom. The average Bonchev–Trinajstić information content (AvgIpc) is 2.62. The van der Waals surface area contributed by atoms with E-state index in [1.54, 1.807) is 6.20 Å². The van der Waals surface area contributed by atoms with Gasteiger partial charge < -0.3 is 0 Å². The molecule has 6 heteroatoms. The van der Waals surface area contributed by atoms with Crippen LogP contribution in [0.5, 0.6) is 0 Å². The van der Waals surface area contributed by atoms with Gasteiger partial charge in [0.1, 0.15) is 0 Å². The molecule has 0 saturated heterocycles. The molecular weight excluding hydrogens is 244 g/mol. The summed E-state index contributed by atoms with van der Waals surface area (Å²) in [4.78, 5) is 0. The average molecular weight is 263 g/mol. The van der Waals surface area contributed by atoms with Crippen LogP contribution < -0.4 is 11.3 Å². The van der Waals surface area contributed by atoms with Crippen LogP contribution in [0.1, 0.15) is 38.5 Å². The van der Waals surface area contributed by atoms with Crippen LogP contribution in [0, 0.1) is 0 Å². The zero-order valence-electron chi connectivity index (χ0n) is 9.90. The number of hydrogen-bond acceptors (Lipinski definition) is 4. The first kappa shape index (κ1) is 13.8. The quantitative estimate of drug-likeness (QED) is 0.611. The lowest BCUT2D eigenvalue weighted by molar-refractivity contribution is 0.468. The Morgan fingerprint density at radius 2 is 2.31 bits per heavy atom. The van der Waals surface area contributed by atoms with E-state index in [1.165, 1.54) is 0 Å². The summed E-state index contributed by atoms with van der Waals surface area (Å²) in [6.45, 7) is 6.28. The lowest BCUT2D eigenvalue weighted by Crippen LogP contribution is -2.32. The minimum Gasteiger partial charge on any atom is -0.271 e. The molecule has 1 aromatic rings. The topological polar surface area (TPSA) is 55.9 Å². The van der Waals surface area contributed by atoms with Gasteiger partial charge in [0.15, 0.2) is 0 Å². The first-order chi connectivity index (χ1) is 7.61. The lowest BCUT2D eigenvalue weighted by atomic mass is 10.2. The molecular formula is C10H19ClN4S. The van der Waals surface area contributed by atoms with E-state index in [9.17, 15) is 0 Å². The van der Waals surface area contributed by atoms with Crippen molar-refractivity contribution in [3.63, 3.8) is 0 Å². The van der Waals surface area contributed by atoms with Crippen molar-refractivity contribution in [1.29, 1.82) is 0 Å². The first-order valence-corrected chi connectivity index (χ1v) is 6.91. The third-order valence-corrected chi connectivity index (χ3v) is 3.56. The molecule has 0 bridgehead atoms. The van der Waals surface area contributed by atoms with Gasteiger partial charge in [0.25, 0.3) is 0 Å². The highest BCUT2D eigenvalue weighted by molar-refractivity contribution is 7.99. The molecule has 92 valence electrons. The molecule has 0 aromatic carbocycles. The van der Waals surface area contributed by atoms with Crippen LogP contribution in [0.3, 0.4) is 0 Å². The fourth-order valence-electron chi connectivity index (χ4n) is 1.53. The van der Waals surface area contributed by atoms with E-state index in [-0.39, 0.29) is 12.1 Å². The third-order valence-electron chi connectivity index (χ3n) is 2.30. The van der Waals surface area contributed by atoms with Crippen LogP contribution in [-0.4, -0.2) is 21.3 Å². The molecule has 1 heterocycles. The van der Waals surface area contributed by atoms with Crippen molar-refractivity contribution in [3.05, 3.63) is 16.9 Å². The summed E-state index contributed by atoms with van der Waals surface area (Å²) in [5.74, 6) is 7.53. The van der Waals surface area contributed by atoms with Gasteiger partial charge in [-0.1, -0.05) is 18.5 Å². The molecule has 1 atom stereocenters. The molecule has 0 fully saturated rings. The molecule has 0 radical (unpaired) electrons. The largest absolute Gasteiger partial charge is 0.271 e. The summed E-state index contributed by atoms with van der Waals surface area (Å²) in [7, 11) is 0. The van der Waals surface area contributed by atoms with Crippen LogP contribution in [0.2, 0.25) is 5.02 Å². The van der Waals surface area contributed by atoms with Gasteiger partial charge in [0, 0.05) is 11.8 Å². The number of nitrogens with two attached hydrogens (primary N) is 1. The highest BCUT2D eigenvalue weighted by Crippen LogP contribution is 2.27. The fourth-order valence-corrected chi connectivity index (χ4v) is 2.52. The Bertz CT molecular complexity index is 327. The molecule has 0 saturated carbocycles. The van der Waals surface area contributed by atoms with Crippen molar-refractivity contribution in [1.82, 2.24) is 15.2 Å². The first-order valence-electron chi connectivity index (χ1n) is 5.38. The van der Waals surface area contributed by atoms with E-state index in [1.807, 2.05) is 16.4 Å². The van der Waals surface area contributed by atoms with E-state index in [2.05, 4.69) is 31.3 Å². The molecule has 0 aliphatic heterocycles. The Hall–Kier alpha value is -0.230. The Kier molecular flexibility index (Phi) is 5.61. The minimum absolute atomic E-state index is 0.0438. The normalized spacial score (nSPS) is 13.4. The van der Waals surface area contributed by atoms with Gasteiger partial charge in [-0.2, -0.15) is 16.9 Å². The molecule has 0 spiro atoms. The SMILES string of the molecule is CCSCC(NN)c1c(Cl)cnn1C(C)C. The molecule has 4 nitrogen and oxygen atoms in total. The summed E-state index contributed by atoms with van der Waals surface area (Å²) in [6.07, 6.45) is 1.68. The van der Waals surface area contributed by atoms with E-state index in [0.717, 1.165) is 17.2 Å². The van der Waals surface area contributed by atoms with Crippen molar-refractivity contribution >= 4 is 23.4 Å². The Morgan fingerprint density at radius 3 is 2.81 bits per heavy atom. The summed E-state index contributed by atoms with van der Waals surface area (Å²) < 4.78 is 1.92. The molecule has 0 aliphatic rings. The van der Waals surface area contributed by atoms with Crippen LogP contribution in [0.4, 0.5) is 0 Å². The van der Waals surface area contributed by atoms with Gasteiger partial charge in [-0.25, -0.2) is 0 Å². The van der Waals surface area contributed by atoms with Gasteiger partial charge in [-0.3, -0.25) is 16.0 Å². The zero-order valence-corrected chi connectivity index (χ0v) is 11.5. The highest BCUT2D eigenvalue weighted by Gasteiger charge is 2.20. The molecule has 0 aliphatic carbocycles. The monoisotopic (exact) mass is 262 g/mol. The van der Waals surface area contributed by atoms with E-state index >= 15 is 0 Å². The second-order valence-electron chi connectivity index (χ2n) is 3.79. The minimum atomic E-state index is 0.0438. The summed E-state index contributed by atoms with van der Waals surface area (Å²) in [5.41, 5.74) is 3.78. The van der Waals surface area contributed by atoms with E-state index < -0.39 is 0 Å². The molecule has 1 aromatic heterocycles. The number of halogens is 1. The van der Waals surface area contributed by atoms with Crippen LogP contribution in [0.25, 0.3) is 0 Å². The van der Waals surface area contributed by atoms with Gasteiger partial charge >= 0.3 is 0 Å². The van der Waals surface area contributed by atoms with Gasteiger partial charge in [0.05, 0.1) is 23.0 Å². The van der Waals surface area contributed by atoms with E-state index in [4.69, 9.17) is 17.4 Å². The molecule has 0 amide bonds. The summed E-state index contributed by atoms with van der Waals surface area (Å²) >= 11 is 7.98. The van der Waals surface area contributed by atoms with Crippen molar-refractivity contribution in [3.8, 4) is 0 Å². The Labute approximate surface area is 106 Å². The maximum Gasteiger partial charge on any atom is 0.0835 e. The highest BCUT2D eigenvalue weighted by atomic mass is 35.5. The number of rotatable bonds is 6. The van der Waals surface area contributed by atoms with Gasteiger partial charge in [0.2, 0.25) is 0 Å². The third kappa shape index (κ3) is 3.13. The fraction of sp³-hybridized carbons (Fsp3) is 0.700. The van der Waals surface area contributed by atoms with Crippen LogP contribution in [0.15, 0.2) is 6.20 Å². The number of aromatic nitrogens is 2. The predicted molar refractivity (Wildman–Crippen MR) is 70.7 cm³/mol. The number of nitrogens with one attached hydrogen (secondary N) is 1. The second kappa shape index (κ2) is 6.49. The van der Waals surface area contributed by atoms with Crippen molar-refractivity contribution in [2.75, 3.05) is 11.5 Å².